The van der Waals surface area contributed by atoms with Crippen LogP contribution in [0.25, 0.3) is 0 Å². The maximum absolute atomic E-state index is 13.5. The van der Waals surface area contributed by atoms with Crippen molar-refractivity contribution in [3.05, 3.63) is 34.1 Å². The van der Waals surface area contributed by atoms with Gasteiger partial charge in [0.1, 0.15) is 11.9 Å². The molecule has 0 saturated heterocycles. The van der Waals surface area contributed by atoms with E-state index in [4.69, 9.17) is 11.6 Å². The molecule has 17 heavy (non-hydrogen) atoms. The third-order valence-electron chi connectivity index (χ3n) is 2.34. The molecule has 0 radical (unpaired) electrons. The summed E-state index contributed by atoms with van der Waals surface area (Å²) in [5.74, 6) is -1.83. The van der Waals surface area contributed by atoms with Crippen molar-refractivity contribution < 1.29 is 24.1 Å². The normalized spacial score (nSPS) is 14.2. The Bertz CT molecular complexity index is 436. The van der Waals surface area contributed by atoms with E-state index in [9.17, 15) is 19.4 Å². The second-order valence-electron chi connectivity index (χ2n) is 3.54. The molecule has 1 rings (SSSR count). The molecule has 0 fully saturated rings. The molecular weight excluding hydrogens is 251 g/mol. The lowest BCUT2D eigenvalue weighted by Crippen LogP contribution is -2.29. The second-order valence-corrected chi connectivity index (χ2v) is 3.94. The van der Waals surface area contributed by atoms with Crippen molar-refractivity contribution in [2.75, 3.05) is 7.11 Å². The predicted molar refractivity (Wildman–Crippen MR) is 59.1 cm³/mol. The number of hydrogen-bond donors (Lipinski definition) is 2. The number of aliphatic hydroxyl groups excluding tert-OH is 2. The maximum atomic E-state index is 13.5. The van der Waals surface area contributed by atoms with E-state index in [0.29, 0.717) is 5.56 Å². The zero-order valence-corrected chi connectivity index (χ0v) is 10.0. The molecule has 0 heterocycles. The highest BCUT2D eigenvalue weighted by molar-refractivity contribution is 6.31. The molecule has 1 aromatic carbocycles. The lowest BCUT2D eigenvalue weighted by atomic mass is 10.0. The van der Waals surface area contributed by atoms with Crippen molar-refractivity contribution in [1.82, 2.24) is 0 Å². The van der Waals surface area contributed by atoms with Crippen molar-refractivity contribution in [3.8, 4) is 0 Å². The number of methoxy groups -OCH3 is 1. The molecule has 2 unspecified atom stereocenters. The van der Waals surface area contributed by atoms with E-state index in [-0.39, 0.29) is 10.6 Å². The topological polar surface area (TPSA) is 66.8 Å². The van der Waals surface area contributed by atoms with Crippen LogP contribution in [0.3, 0.4) is 0 Å². The van der Waals surface area contributed by atoms with Gasteiger partial charge in [-0.15, -0.1) is 0 Å². The molecule has 2 atom stereocenters. The van der Waals surface area contributed by atoms with Crippen LogP contribution in [0.15, 0.2) is 12.1 Å². The molecule has 6 heteroatoms. The number of benzene rings is 1. The SMILES string of the molecule is COC(=O)C(O)C(O)c1cc(C)c(Cl)cc1F. The Morgan fingerprint density at radius 3 is 2.59 bits per heavy atom. The van der Waals surface area contributed by atoms with Crippen molar-refractivity contribution >= 4 is 17.6 Å². The van der Waals surface area contributed by atoms with Gasteiger partial charge in [0.25, 0.3) is 0 Å². The average molecular weight is 263 g/mol. The van der Waals surface area contributed by atoms with Gasteiger partial charge in [-0.2, -0.15) is 0 Å². The number of carbonyl (C=O) groups is 1. The number of hydrogen-bond acceptors (Lipinski definition) is 4. The van der Waals surface area contributed by atoms with Gasteiger partial charge in [0.05, 0.1) is 7.11 Å². The van der Waals surface area contributed by atoms with Gasteiger partial charge in [-0.1, -0.05) is 11.6 Å². The van der Waals surface area contributed by atoms with E-state index < -0.39 is 24.0 Å². The fourth-order valence-electron chi connectivity index (χ4n) is 1.33. The molecule has 4 nitrogen and oxygen atoms in total. The van der Waals surface area contributed by atoms with Crippen LogP contribution in [0.5, 0.6) is 0 Å². The van der Waals surface area contributed by atoms with Gasteiger partial charge in [0.15, 0.2) is 6.10 Å². The molecule has 0 bridgehead atoms. The summed E-state index contributed by atoms with van der Waals surface area (Å²) in [6.07, 6.45) is -3.53. The standard InChI is InChI=1S/C11H12ClFO4/c1-5-3-6(8(13)4-7(5)12)9(14)10(15)11(16)17-2/h3-4,9-10,14-15H,1-2H3. The third kappa shape index (κ3) is 2.94. The van der Waals surface area contributed by atoms with E-state index in [1.807, 2.05) is 0 Å². The van der Waals surface area contributed by atoms with Gasteiger partial charge in [-0.25, -0.2) is 9.18 Å². The number of aryl methyl sites for hydroxylation is 1. The highest BCUT2D eigenvalue weighted by Crippen LogP contribution is 2.26. The molecule has 94 valence electrons. The average Bonchev–Trinajstić information content (AvgIpc) is 2.31. The minimum atomic E-state index is -1.84. The van der Waals surface area contributed by atoms with Crippen LogP contribution < -0.4 is 0 Å². The summed E-state index contributed by atoms with van der Waals surface area (Å²) in [4.78, 5) is 11.0. The summed E-state index contributed by atoms with van der Waals surface area (Å²) in [6, 6.07) is 2.29. The molecule has 0 aliphatic heterocycles. The van der Waals surface area contributed by atoms with E-state index in [2.05, 4.69) is 4.74 Å². The van der Waals surface area contributed by atoms with Crippen LogP contribution >= 0.6 is 11.6 Å². The number of esters is 1. The number of ether oxygens (including phenoxy) is 1. The van der Waals surface area contributed by atoms with Crippen molar-refractivity contribution in [2.45, 2.75) is 19.1 Å². The first kappa shape index (κ1) is 13.9. The number of rotatable bonds is 3. The van der Waals surface area contributed by atoms with Crippen molar-refractivity contribution in [3.63, 3.8) is 0 Å². The second kappa shape index (κ2) is 5.44. The molecule has 0 aliphatic rings. The van der Waals surface area contributed by atoms with Crippen molar-refractivity contribution in [2.24, 2.45) is 0 Å². The molecule has 1 aromatic rings. The lowest BCUT2D eigenvalue weighted by molar-refractivity contribution is -0.156. The zero-order chi connectivity index (χ0) is 13.2. The minimum absolute atomic E-state index is 0.200. The molecule has 2 N–H and O–H groups in total. The van der Waals surface area contributed by atoms with Crippen LogP contribution in [0.2, 0.25) is 5.02 Å². The quantitative estimate of drug-likeness (QED) is 0.807. The molecule has 0 aliphatic carbocycles. The summed E-state index contributed by atoms with van der Waals surface area (Å²) < 4.78 is 17.8. The first-order valence-electron chi connectivity index (χ1n) is 4.78. The first-order chi connectivity index (χ1) is 7.88. The van der Waals surface area contributed by atoms with Crippen molar-refractivity contribution in [1.29, 1.82) is 0 Å². The van der Waals surface area contributed by atoms with Gasteiger partial charge in [-0.3, -0.25) is 0 Å². The molecule has 0 aromatic heterocycles. The highest BCUT2D eigenvalue weighted by Gasteiger charge is 2.28. The molecular formula is C11H12ClFO4. The fourth-order valence-corrected chi connectivity index (χ4v) is 1.48. The molecule has 0 saturated carbocycles. The smallest absolute Gasteiger partial charge is 0.337 e. The Labute approximate surface area is 103 Å². The van der Waals surface area contributed by atoms with Crippen LogP contribution in [0, 0.1) is 12.7 Å². The zero-order valence-electron chi connectivity index (χ0n) is 9.28. The lowest BCUT2D eigenvalue weighted by Gasteiger charge is -2.17. The van der Waals surface area contributed by atoms with E-state index in [0.717, 1.165) is 13.2 Å². The molecule has 0 amide bonds. The Balaban J connectivity index is 3.08. The monoisotopic (exact) mass is 262 g/mol. The van der Waals surface area contributed by atoms with Gasteiger partial charge >= 0.3 is 5.97 Å². The van der Waals surface area contributed by atoms with Gasteiger partial charge < -0.3 is 14.9 Å². The summed E-state index contributed by atoms with van der Waals surface area (Å²) in [5, 5.41) is 19.3. The Hall–Kier alpha value is -1.17. The highest BCUT2D eigenvalue weighted by atomic mass is 35.5. The summed E-state index contributed by atoms with van der Waals surface area (Å²) >= 11 is 5.68. The predicted octanol–water partition coefficient (Wildman–Crippen LogP) is 1.35. The summed E-state index contributed by atoms with van der Waals surface area (Å²) in [7, 11) is 1.06. The van der Waals surface area contributed by atoms with Gasteiger partial charge in [0.2, 0.25) is 0 Å². The Kier molecular flexibility index (Phi) is 4.45. The Morgan fingerprint density at radius 2 is 2.06 bits per heavy atom. The third-order valence-corrected chi connectivity index (χ3v) is 2.75. The van der Waals surface area contributed by atoms with E-state index in [1.165, 1.54) is 6.07 Å². The summed E-state index contributed by atoms with van der Waals surface area (Å²) in [6.45, 7) is 1.61. The van der Waals surface area contributed by atoms with Crippen LogP contribution in [-0.4, -0.2) is 29.4 Å². The van der Waals surface area contributed by atoms with Gasteiger partial charge in [-0.05, 0) is 24.6 Å². The minimum Gasteiger partial charge on any atom is -0.467 e. The summed E-state index contributed by atoms with van der Waals surface area (Å²) in [5.41, 5.74) is 0.323. The van der Waals surface area contributed by atoms with Crippen LogP contribution in [0.4, 0.5) is 4.39 Å². The number of halogens is 2. The van der Waals surface area contributed by atoms with E-state index in [1.54, 1.807) is 6.92 Å². The number of carbonyl (C=O) groups excluding carboxylic acids is 1. The number of aliphatic hydroxyl groups is 2. The maximum Gasteiger partial charge on any atom is 0.337 e. The Morgan fingerprint density at radius 1 is 1.47 bits per heavy atom. The molecule has 0 spiro atoms. The van der Waals surface area contributed by atoms with Gasteiger partial charge in [0, 0.05) is 10.6 Å². The van der Waals surface area contributed by atoms with Crippen LogP contribution in [0.1, 0.15) is 17.2 Å². The fraction of sp³-hybridized carbons (Fsp3) is 0.364. The largest absolute Gasteiger partial charge is 0.467 e. The van der Waals surface area contributed by atoms with Crippen LogP contribution in [-0.2, 0) is 9.53 Å². The van der Waals surface area contributed by atoms with E-state index >= 15 is 0 Å². The first-order valence-corrected chi connectivity index (χ1v) is 5.15.